The summed E-state index contributed by atoms with van der Waals surface area (Å²) < 4.78 is 0. The van der Waals surface area contributed by atoms with Gasteiger partial charge >= 0.3 is 0 Å². The van der Waals surface area contributed by atoms with E-state index in [9.17, 15) is 0 Å². The Bertz CT molecular complexity index is 844. The number of pyridine rings is 1. The molecule has 2 aliphatic rings. The van der Waals surface area contributed by atoms with Crippen LogP contribution < -0.4 is 15.1 Å². The van der Waals surface area contributed by atoms with Crippen LogP contribution in [0, 0.1) is 0 Å². The Labute approximate surface area is 209 Å². The van der Waals surface area contributed by atoms with Gasteiger partial charge in [0.25, 0.3) is 0 Å². The van der Waals surface area contributed by atoms with Gasteiger partial charge in [0.05, 0.1) is 6.54 Å². The highest BCUT2D eigenvalue weighted by Crippen LogP contribution is 2.17. The molecule has 174 valence electrons. The number of aliphatic imine (C=N–C) groups is 1. The van der Waals surface area contributed by atoms with Gasteiger partial charge < -0.3 is 24.9 Å². The van der Waals surface area contributed by atoms with E-state index in [1.807, 2.05) is 6.20 Å². The minimum absolute atomic E-state index is 0. The number of guanidine groups is 1. The SMILES string of the molecule is CCNC(=NCc1ccnc(N2CCN(C)CC2)c1)N1CCN(c2ccccc2)CC1.I. The largest absolute Gasteiger partial charge is 0.368 e. The second-order valence-electron chi connectivity index (χ2n) is 8.29. The Kier molecular flexibility index (Phi) is 9.40. The smallest absolute Gasteiger partial charge is 0.194 e. The lowest BCUT2D eigenvalue weighted by molar-refractivity contribution is 0.312. The molecule has 2 fully saturated rings. The number of hydrogen-bond acceptors (Lipinski definition) is 5. The first-order valence-corrected chi connectivity index (χ1v) is 11.4. The van der Waals surface area contributed by atoms with Crippen LogP contribution in [-0.4, -0.2) is 86.7 Å². The number of likely N-dealkylation sites (N-methyl/N-ethyl adjacent to an activating group) is 1. The first-order chi connectivity index (χ1) is 15.2. The molecule has 2 aliphatic heterocycles. The molecule has 0 saturated carbocycles. The lowest BCUT2D eigenvalue weighted by Crippen LogP contribution is -2.52. The summed E-state index contributed by atoms with van der Waals surface area (Å²) in [5, 5.41) is 3.49. The maximum Gasteiger partial charge on any atom is 0.194 e. The van der Waals surface area contributed by atoms with Gasteiger partial charge in [0.2, 0.25) is 0 Å². The number of aromatic nitrogens is 1. The molecule has 0 radical (unpaired) electrons. The topological polar surface area (TPSA) is 50.2 Å². The minimum Gasteiger partial charge on any atom is -0.368 e. The summed E-state index contributed by atoms with van der Waals surface area (Å²) in [6.45, 7) is 11.9. The summed E-state index contributed by atoms with van der Waals surface area (Å²) in [4.78, 5) is 19.1. The van der Waals surface area contributed by atoms with Gasteiger partial charge in [-0.15, -0.1) is 24.0 Å². The number of rotatable bonds is 5. The Morgan fingerprint density at radius 2 is 1.62 bits per heavy atom. The summed E-state index contributed by atoms with van der Waals surface area (Å²) in [6.07, 6.45) is 1.92. The van der Waals surface area contributed by atoms with Crippen LogP contribution in [0.25, 0.3) is 0 Å². The first-order valence-electron chi connectivity index (χ1n) is 11.4. The molecule has 4 rings (SSSR count). The van der Waals surface area contributed by atoms with E-state index in [0.29, 0.717) is 6.54 Å². The summed E-state index contributed by atoms with van der Waals surface area (Å²) in [5.74, 6) is 2.08. The third-order valence-corrected chi connectivity index (χ3v) is 6.08. The van der Waals surface area contributed by atoms with Crippen molar-refractivity contribution < 1.29 is 0 Å². The van der Waals surface area contributed by atoms with Crippen molar-refractivity contribution in [1.29, 1.82) is 0 Å². The van der Waals surface area contributed by atoms with E-state index in [-0.39, 0.29) is 24.0 Å². The van der Waals surface area contributed by atoms with Crippen LogP contribution >= 0.6 is 24.0 Å². The van der Waals surface area contributed by atoms with E-state index in [1.54, 1.807) is 0 Å². The maximum absolute atomic E-state index is 4.96. The standard InChI is InChI=1S/C24H35N7.HI/c1-3-25-24(31-17-15-29(16-18-31)22-7-5-4-6-8-22)27-20-21-9-10-26-23(19-21)30-13-11-28(2)12-14-30;/h4-10,19H,3,11-18,20H2,1-2H3,(H,25,27);1H. The second kappa shape index (κ2) is 12.2. The quantitative estimate of drug-likeness (QED) is 0.352. The van der Waals surface area contributed by atoms with Crippen LogP contribution in [0.4, 0.5) is 11.5 Å². The summed E-state index contributed by atoms with van der Waals surface area (Å²) in [5.41, 5.74) is 2.51. The van der Waals surface area contributed by atoms with E-state index in [4.69, 9.17) is 4.99 Å². The Hall–Kier alpha value is -2.07. The maximum atomic E-state index is 4.96. The van der Waals surface area contributed by atoms with E-state index in [2.05, 4.69) is 86.3 Å². The molecule has 3 heterocycles. The molecule has 0 amide bonds. The molecule has 8 heteroatoms. The molecule has 0 unspecified atom stereocenters. The monoisotopic (exact) mass is 549 g/mol. The summed E-state index contributed by atoms with van der Waals surface area (Å²) in [6, 6.07) is 15.0. The molecule has 1 N–H and O–H groups in total. The fraction of sp³-hybridized carbons (Fsp3) is 0.500. The van der Waals surface area contributed by atoms with Gasteiger partial charge in [0, 0.05) is 70.8 Å². The molecule has 0 bridgehead atoms. The fourth-order valence-corrected chi connectivity index (χ4v) is 4.17. The van der Waals surface area contributed by atoms with Gasteiger partial charge in [-0.25, -0.2) is 9.98 Å². The van der Waals surface area contributed by atoms with Crippen molar-refractivity contribution in [3.05, 3.63) is 54.2 Å². The van der Waals surface area contributed by atoms with E-state index in [1.165, 1.54) is 11.3 Å². The summed E-state index contributed by atoms with van der Waals surface area (Å²) in [7, 11) is 2.18. The number of nitrogens with zero attached hydrogens (tertiary/aromatic N) is 6. The molecule has 0 spiro atoms. The van der Waals surface area contributed by atoms with E-state index >= 15 is 0 Å². The number of piperazine rings is 2. The van der Waals surface area contributed by atoms with Gasteiger partial charge in [0.1, 0.15) is 5.82 Å². The van der Waals surface area contributed by atoms with Crippen molar-refractivity contribution in [3.8, 4) is 0 Å². The molecular formula is C24H36IN7. The average molecular weight is 550 g/mol. The van der Waals surface area contributed by atoms with Crippen molar-refractivity contribution in [2.45, 2.75) is 13.5 Å². The van der Waals surface area contributed by atoms with Crippen molar-refractivity contribution in [1.82, 2.24) is 20.1 Å². The number of hydrogen-bond donors (Lipinski definition) is 1. The lowest BCUT2D eigenvalue weighted by Gasteiger charge is -2.37. The fourth-order valence-electron chi connectivity index (χ4n) is 4.17. The minimum atomic E-state index is 0. The van der Waals surface area contributed by atoms with Gasteiger partial charge in [0.15, 0.2) is 5.96 Å². The second-order valence-corrected chi connectivity index (χ2v) is 8.29. The van der Waals surface area contributed by atoms with Crippen LogP contribution in [0.5, 0.6) is 0 Å². The third kappa shape index (κ3) is 6.48. The zero-order chi connectivity index (χ0) is 21.5. The van der Waals surface area contributed by atoms with Crippen LogP contribution in [-0.2, 0) is 6.54 Å². The number of benzene rings is 1. The lowest BCUT2D eigenvalue weighted by atomic mass is 10.2. The number of halogens is 1. The highest BCUT2D eigenvalue weighted by Gasteiger charge is 2.20. The molecule has 32 heavy (non-hydrogen) atoms. The molecule has 0 atom stereocenters. The van der Waals surface area contributed by atoms with E-state index in [0.717, 1.165) is 70.7 Å². The predicted molar refractivity (Wildman–Crippen MR) is 144 cm³/mol. The van der Waals surface area contributed by atoms with Gasteiger partial charge in [-0.1, -0.05) is 18.2 Å². The molecule has 2 aromatic rings. The Morgan fingerprint density at radius 1 is 0.938 bits per heavy atom. The number of para-hydroxylation sites is 1. The molecule has 7 nitrogen and oxygen atoms in total. The van der Waals surface area contributed by atoms with Crippen molar-refractivity contribution in [2.75, 3.05) is 75.8 Å². The van der Waals surface area contributed by atoms with Gasteiger partial charge in [-0.05, 0) is 43.8 Å². The molecule has 1 aromatic carbocycles. The predicted octanol–water partition coefficient (Wildman–Crippen LogP) is 2.74. The van der Waals surface area contributed by atoms with Crippen molar-refractivity contribution in [2.24, 2.45) is 4.99 Å². The normalized spacial score (nSPS) is 17.8. The molecule has 1 aromatic heterocycles. The average Bonchev–Trinajstić information content (AvgIpc) is 2.83. The van der Waals surface area contributed by atoms with Crippen LogP contribution in [0.3, 0.4) is 0 Å². The molecule has 0 aliphatic carbocycles. The molecular weight excluding hydrogens is 513 g/mol. The highest BCUT2D eigenvalue weighted by atomic mass is 127. The molecule has 2 saturated heterocycles. The van der Waals surface area contributed by atoms with Crippen molar-refractivity contribution in [3.63, 3.8) is 0 Å². The van der Waals surface area contributed by atoms with Gasteiger partial charge in [-0.3, -0.25) is 0 Å². The number of nitrogens with one attached hydrogen (secondary N) is 1. The van der Waals surface area contributed by atoms with E-state index < -0.39 is 0 Å². The Balaban J connectivity index is 0.00000289. The van der Waals surface area contributed by atoms with Crippen molar-refractivity contribution >= 4 is 41.4 Å². The number of anilines is 2. The van der Waals surface area contributed by atoms with Crippen LogP contribution in [0.15, 0.2) is 53.7 Å². The summed E-state index contributed by atoms with van der Waals surface area (Å²) >= 11 is 0. The van der Waals surface area contributed by atoms with Crippen LogP contribution in [0.2, 0.25) is 0 Å². The first kappa shape index (κ1) is 24.6. The zero-order valence-corrected chi connectivity index (χ0v) is 21.6. The van der Waals surface area contributed by atoms with Crippen LogP contribution in [0.1, 0.15) is 12.5 Å². The van der Waals surface area contributed by atoms with Gasteiger partial charge in [-0.2, -0.15) is 0 Å². The highest BCUT2D eigenvalue weighted by molar-refractivity contribution is 14.0. The Morgan fingerprint density at radius 3 is 2.31 bits per heavy atom. The third-order valence-electron chi connectivity index (χ3n) is 6.08. The zero-order valence-electron chi connectivity index (χ0n) is 19.3.